The van der Waals surface area contributed by atoms with Gasteiger partial charge in [0.15, 0.2) is 5.69 Å². The van der Waals surface area contributed by atoms with Gasteiger partial charge in [0.1, 0.15) is 17.4 Å². The van der Waals surface area contributed by atoms with Crippen molar-refractivity contribution in [1.29, 1.82) is 0 Å². The number of rotatable bonds is 8. The van der Waals surface area contributed by atoms with E-state index in [2.05, 4.69) is 20.4 Å². The van der Waals surface area contributed by atoms with Gasteiger partial charge < -0.3 is 24.9 Å². The summed E-state index contributed by atoms with van der Waals surface area (Å²) < 4.78 is 77.7. The number of anilines is 2. The van der Waals surface area contributed by atoms with Gasteiger partial charge in [0.05, 0.1) is 17.4 Å². The van der Waals surface area contributed by atoms with Crippen LogP contribution in [-0.4, -0.2) is 62.9 Å². The lowest BCUT2D eigenvalue weighted by Gasteiger charge is -2.34. The maximum absolute atomic E-state index is 14.7. The first-order valence-corrected chi connectivity index (χ1v) is 20.3. The first kappa shape index (κ1) is 38.8. The third-order valence-corrected chi connectivity index (χ3v) is 13.5. The molecule has 5 aliphatic carbocycles. The fraction of sp³-hybridized carbons (Fsp3) is 0.683. The molecule has 4 atom stereocenters. The van der Waals surface area contributed by atoms with Crippen molar-refractivity contribution in [3.8, 4) is 5.75 Å². The van der Waals surface area contributed by atoms with Crippen LogP contribution in [0.15, 0.2) is 29.6 Å². The number of carbonyl (C=O) groups is 2. The van der Waals surface area contributed by atoms with Crippen molar-refractivity contribution in [1.82, 2.24) is 15.3 Å². The van der Waals surface area contributed by atoms with E-state index in [-0.39, 0.29) is 73.4 Å². The van der Waals surface area contributed by atoms with Crippen LogP contribution in [0.5, 0.6) is 5.75 Å². The molecule has 1 spiro atoms. The number of hydrogen-bond acceptors (Lipinski definition) is 8. The number of hydrogen-bond donors (Lipinski definition) is 2. The molecule has 1 aromatic carbocycles. The van der Waals surface area contributed by atoms with E-state index in [1.54, 1.807) is 4.90 Å². The van der Waals surface area contributed by atoms with E-state index in [4.69, 9.17) is 9.57 Å². The van der Waals surface area contributed by atoms with Gasteiger partial charge in [-0.1, -0.05) is 31.3 Å². The van der Waals surface area contributed by atoms with E-state index < -0.39 is 40.8 Å². The maximum atomic E-state index is 14.7. The Balaban J connectivity index is 0.996. The zero-order valence-electron chi connectivity index (χ0n) is 31.7. The van der Waals surface area contributed by atoms with Crippen LogP contribution in [-0.2, 0) is 21.2 Å². The number of alkyl halides is 5. The molecular formula is C41H50F5N5O5. The number of aliphatic carboxylic acids is 1. The molecule has 4 unspecified atom stereocenters. The molecule has 1 aliphatic heterocycles. The predicted molar refractivity (Wildman–Crippen MR) is 196 cm³/mol. The molecular weight excluding hydrogens is 737 g/mol. The zero-order valence-corrected chi connectivity index (χ0v) is 31.7. The maximum Gasteiger partial charge on any atom is 0.434 e. The second-order valence-electron chi connectivity index (χ2n) is 17.5. The number of aromatic nitrogens is 2. The number of oxime groups is 1. The number of nitrogens with zero attached hydrogens (tertiary/aromatic N) is 4. The second kappa shape index (κ2) is 14.7. The summed E-state index contributed by atoms with van der Waals surface area (Å²) >= 11 is 0. The lowest BCUT2D eigenvalue weighted by Crippen LogP contribution is -2.57. The van der Waals surface area contributed by atoms with Crippen LogP contribution in [0.25, 0.3) is 0 Å². The van der Waals surface area contributed by atoms with Gasteiger partial charge in [0, 0.05) is 36.7 Å². The summed E-state index contributed by atoms with van der Waals surface area (Å²) in [7, 11) is 0. The summed E-state index contributed by atoms with van der Waals surface area (Å²) in [5.41, 5.74) is -1.82. The first-order valence-electron chi connectivity index (χ1n) is 20.3. The molecule has 0 radical (unpaired) electrons. The SMILES string of the molecule is CC1CC2CC(C1)C(NC(=O)c1cnc(N3CC4(CCCCC4)c4cc(O[C@H]5CC[C@@H](ON=C6CCC(F)(F)CC6)CC5)ccc43)nc1C(F)(F)F)(C(=O)O)C2. The Kier molecular flexibility index (Phi) is 10.2. The number of carboxylic acids is 1. The molecule has 2 bridgehead atoms. The lowest BCUT2D eigenvalue weighted by molar-refractivity contribution is -0.146. The van der Waals surface area contributed by atoms with Crippen molar-refractivity contribution in [3.63, 3.8) is 0 Å². The molecule has 5 fully saturated rings. The fourth-order valence-electron chi connectivity index (χ4n) is 10.7. The molecule has 5 saturated carbocycles. The highest BCUT2D eigenvalue weighted by Gasteiger charge is 2.57. The third kappa shape index (κ3) is 7.55. The molecule has 2 heterocycles. The second-order valence-corrected chi connectivity index (χ2v) is 17.5. The molecule has 10 nitrogen and oxygen atoms in total. The Labute approximate surface area is 323 Å². The van der Waals surface area contributed by atoms with Crippen LogP contribution in [0, 0.1) is 17.8 Å². The number of nitrogens with one attached hydrogen (secondary N) is 1. The van der Waals surface area contributed by atoms with Crippen LogP contribution < -0.4 is 15.0 Å². The van der Waals surface area contributed by atoms with Crippen molar-refractivity contribution < 1.29 is 46.2 Å². The monoisotopic (exact) mass is 787 g/mol. The Bertz CT molecular complexity index is 1850. The van der Waals surface area contributed by atoms with Crippen LogP contribution in [0.4, 0.5) is 33.6 Å². The van der Waals surface area contributed by atoms with Gasteiger partial charge in [-0.25, -0.2) is 23.5 Å². The topological polar surface area (TPSA) is 126 Å². The fourth-order valence-corrected chi connectivity index (χ4v) is 10.7. The van der Waals surface area contributed by atoms with Crippen molar-refractivity contribution in [2.75, 3.05) is 11.4 Å². The highest BCUT2D eigenvalue weighted by atomic mass is 19.4. The Morgan fingerprint density at radius 2 is 1.70 bits per heavy atom. The van der Waals surface area contributed by atoms with Crippen LogP contribution >= 0.6 is 0 Å². The number of halogens is 5. The number of amides is 1. The number of benzene rings is 1. The molecule has 1 aromatic heterocycles. The minimum absolute atomic E-state index is 0.0717. The average Bonchev–Trinajstić information content (AvgIpc) is 3.60. The van der Waals surface area contributed by atoms with E-state index in [1.165, 1.54) is 0 Å². The standard InChI is InChI=1S/C41H50F5N5O5/c1-24-17-25-19-26(18-24)40(21-25,36(53)54)49-35(52)31-22-47-37(48-34(31)41(44,45)46)51-23-38(13-3-2-4-14-38)32-20-30(9-10-33(32)51)55-28-5-7-29(8-6-28)56-50-27-11-15-39(42,43)16-12-27/h9-10,20,22,24-26,28-29H,2-8,11-19,21,23H2,1H3,(H,49,52)(H,53,54)/t24?,25?,26?,28-,29+,40?. The molecule has 0 saturated heterocycles. The summed E-state index contributed by atoms with van der Waals surface area (Å²) in [6.07, 6.45) is 5.56. The van der Waals surface area contributed by atoms with Gasteiger partial charge in [-0.3, -0.25) is 4.79 Å². The minimum Gasteiger partial charge on any atom is -0.490 e. The minimum atomic E-state index is -5.01. The molecule has 15 heteroatoms. The Morgan fingerprint density at radius 3 is 2.39 bits per heavy atom. The highest BCUT2D eigenvalue weighted by Crippen LogP contribution is 2.53. The van der Waals surface area contributed by atoms with E-state index in [1.807, 2.05) is 25.1 Å². The van der Waals surface area contributed by atoms with Gasteiger partial charge >= 0.3 is 12.1 Å². The molecule has 2 N–H and O–H groups in total. The van der Waals surface area contributed by atoms with E-state index in [0.29, 0.717) is 49.4 Å². The summed E-state index contributed by atoms with van der Waals surface area (Å²) in [6.45, 7) is 2.41. The van der Waals surface area contributed by atoms with Gasteiger partial charge in [-0.2, -0.15) is 13.2 Å². The van der Waals surface area contributed by atoms with Crippen LogP contribution in [0.3, 0.4) is 0 Å². The summed E-state index contributed by atoms with van der Waals surface area (Å²) in [5.74, 6) is -4.51. The van der Waals surface area contributed by atoms with E-state index in [9.17, 15) is 36.6 Å². The normalized spacial score (nSPS) is 30.8. The number of carbonyl (C=O) groups excluding carboxylic acids is 1. The lowest BCUT2D eigenvalue weighted by atomic mass is 9.71. The summed E-state index contributed by atoms with van der Waals surface area (Å²) in [5, 5.41) is 17.1. The number of carboxylic acid groups (broad SMARTS) is 1. The quantitative estimate of drug-likeness (QED) is 0.201. The van der Waals surface area contributed by atoms with Gasteiger partial charge in [0.25, 0.3) is 5.91 Å². The molecule has 1 amide bonds. The van der Waals surface area contributed by atoms with E-state index >= 15 is 0 Å². The molecule has 8 rings (SSSR count). The smallest absolute Gasteiger partial charge is 0.434 e. The summed E-state index contributed by atoms with van der Waals surface area (Å²) in [6, 6.07) is 5.67. The number of ether oxygens (including phenoxy) is 1. The third-order valence-electron chi connectivity index (χ3n) is 13.5. The molecule has 56 heavy (non-hydrogen) atoms. The zero-order chi connectivity index (χ0) is 39.5. The number of fused-ring (bicyclic) bond motifs is 4. The van der Waals surface area contributed by atoms with Crippen molar-refractivity contribution >= 4 is 29.2 Å². The molecule has 6 aliphatic rings. The van der Waals surface area contributed by atoms with Crippen molar-refractivity contribution in [3.05, 3.63) is 41.2 Å². The Hall–Kier alpha value is -4.04. The van der Waals surface area contributed by atoms with Gasteiger partial charge in [0.2, 0.25) is 11.9 Å². The summed E-state index contributed by atoms with van der Waals surface area (Å²) in [4.78, 5) is 42.1. The predicted octanol–water partition coefficient (Wildman–Crippen LogP) is 9.13. The first-order chi connectivity index (χ1) is 26.6. The van der Waals surface area contributed by atoms with E-state index in [0.717, 1.165) is 63.1 Å². The average molecular weight is 788 g/mol. The molecule has 2 aromatic rings. The highest BCUT2D eigenvalue weighted by molar-refractivity contribution is 5.99. The Morgan fingerprint density at radius 1 is 0.982 bits per heavy atom. The molecule has 304 valence electrons. The largest absolute Gasteiger partial charge is 0.490 e. The van der Waals surface area contributed by atoms with Crippen LogP contribution in [0.2, 0.25) is 0 Å². The van der Waals surface area contributed by atoms with Gasteiger partial charge in [-0.15, -0.1) is 0 Å². The van der Waals surface area contributed by atoms with Gasteiger partial charge in [-0.05, 0) is 119 Å². The van der Waals surface area contributed by atoms with Crippen LogP contribution in [0.1, 0.15) is 138 Å². The van der Waals surface area contributed by atoms with Crippen molar-refractivity contribution in [2.24, 2.45) is 22.9 Å². The van der Waals surface area contributed by atoms with Crippen molar-refractivity contribution in [2.45, 2.75) is 151 Å².